The number of aromatic nitrogens is 2. The van der Waals surface area contributed by atoms with Crippen LogP contribution in [0.25, 0.3) is 0 Å². The summed E-state index contributed by atoms with van der Waals surface area (Å²) in [6.45, 7) is 6.30. The summed E-state index contributed by atoms with van der Waals surface area (Å²) in [5.41, 5.74) is 1.000. The Kier molecular flexibility index (Phi) is 1.97. The Morgan fingerprint density at radius 1 is 1.45 bits per heavy atom. The molecule has 0 saturated carbocycles. The van der Waals surface area contributed by atoms with Crippen LogP contribution in [0.5, 0.6) is 0 Å². The van der Waals surface area contributed by atoms with Crippen LogP contribution in [0.4, 0.5) is 0 Å². The quantitative estimate of drug-likeness (QED) is 0.588. The van der Waals surface area contributed by atoms with E-state index in [0.29, 0.717) is 0 Å². The highest BCUT2D eigenvalue weighted by Gasteiger charge is 2.20. The lowest BCUT2D eigenvalue weighted by atomic mass is 9.93. The van der Waals surface area contributed by atoms with Crippen LogP contribution >= 0.6 is 11.6 Å². The van der Waals surface area contributed by atoms with E-state index in [4.69, 9.17) is 11.6 Å². The first-order valence-electron chi connectivity index (χ1n) is 3.60. The standard InChI is InChI=1S/C8H13ClN2/c1-8(2,3)6-7(9)11(4)5-10-6/h5H,1-4H3. The summed E-state index contributed by atoms with van der Waals surface area (Å²) in [5.74, 6) is 0. The molecule has 0 atom stereocenters. The van der Waals surface area contributed by atoms with Gasteiger partial charge in [0, 0.05) is 12.5 Å². The summed E-state index contributed by atoms with van der Waals surface area (Å²) in [7, 11) is 1.89. The molecule has 2 nitrogen and oxygen atoms in total. The average Bonchev–Trinajstić information content (AvgIpc) is 2.11. The number of halogens is 1. The Bertz CT molecular complexity index is 258. The van der Waals surface area contributed by atoms with Crippen molar-refractivity contribution in [1.29, 1.82) is 0 Å². The minimum absolute atomic E-state index is 0.0400. The maximum Gasteiger partial charge on any atom is 0.132 e. The Hall–Kier alpha value is -0.500. The van der Waals surface area contributed by atoms with Crippen molar-refractivity contribution >= 4 is 11.6 Å². The Balaban J connectivity index is 3.15. The Morgan fingerprint density at radius 3 is 2.18 bits per heavy atom. The van der Waals surface area contributed by atoms with Crippen LogP contribution in [0.1, 0.15) is 26.5 Å². The second-order valence-corrected chi connectivity index (χ2v) is 4.10. The highest BCUT2D eigenvalue weighted by molar-refractivity contribution is 6.30. The molecule has 1 aromatic rings. The zero-order valence-electron chi connectivity index (χ0n) is 7.35. The maximum atomic E-state index is 5.99. The van der Waals surface area contributed by atoms with Crippen molar-refractivity contribution < 1.29 is 0 Å². The molecule has 0 aliphatic heterocycles. The molecular weight excluding hydrogens is 160 g/mol. The summed E-state index contributed by atoms with van der Waals surface area (Å²) < 4.78 is 1.82. The number of nitrogens with zero attached hydrogens (tertiary/aromatic N) is 2. The lowest BCUT2D eigenvalue weighted by molar-refractivity contribution is 0.572. The van der Waals surface area contributed by atoms with Crippen LogP contribution in [-0.2, 0) is 12.5 Å². The van der Waals surface area contributed by atoms with E-state index in [1.54, 1.807) is 6.33 Å². The molecule has 0 radical (unpaired) electrons. The van der Waals surface area contributed by atoms with Crippen molar-refractivity contribution in [2.75, 3.05) is 0 Å². The van der Waals surface area contributed by atoms with Gasteiger partial charge in [-0.3, -0.25) is 0 Å². The molecule has 0 aromatic carbocycles. The lowest BCUT2D eigenvalue weighted by Crippen LogP contribution is -2.12. The van der Waals surface area contributed by atoms with E-state index >= 15 is 0 Å². The molecule has 0 N–H and O–H groups in total. The molecule has 0 aliphatic carbocycles. The van der Waals surface area contributed by atoms with Gasteiger partial charge in [0.25, 0.3) is 0 Å². The minimum Gasteiger partial charge on any atom is -0.325 e. The van der Waals surface area contributed by atoms with Gasteiger partial charge in [-0.2, -0.15) is 0 Å². The molecular formula is C8H13ClN2. The number of rotatable bonds is 0. The first kappa shape index (κ1) is 8.60. The molecule has 62 valence electrons. The fourth-order valence-electron chi connectivity index (χ4n) is 0.918. The van der Waals surface area contributed by atoms with Gasteiger partial charge in [0.15, 0.2) is 0 Å². The fourth-order valence-corrected chi connectivity index (χ4v) is 1.29. The van der Waals surface area contributed by atoms with Crippen molar-refractivity contribution in [1.82, 2.24) is 9.55 Å². The molecule has 0 fully saturated rings. The first-order valence-corrected chi connectivity index (χ1v) is 3.98. The fraction of sp³-hybridized carbons (Fsp3) is 0.625. The van der Waals surface area contributed by atoms with E-state index in [1.165, 1.54) is 0 Å². The molecule has 0 spiro atoms. The molecule has 1 heterocycles. The van der Waals surface area contributed by atoms with Crippen molar-refractivity contribution in [2.24, 2.45) is 7.05 Å². The molecule has 0 bridgehead atoms. The summed E-state index contributed by atoms with van der Waals surface area (Å²) in [6.07, 6.45) is 1.74. The third kappa shape index (κ3) is 1.56. The molecule has 0 unspecified atom stereocenters. The molecule has 0 amide bonds. The molecule has 0 aliphatic rings. The predicted molar refractivity (Wildman–Crippen MR) is 46.9 cm³/mol. The van der Waals surface area contributed by atoms with E-state index in [-0.39, 0.29) is 5.41 Å². The SMILES string of the molecule is Cn1cnc(C(C)(C)C)c1Cl. The second-order valence-electron chi connectivity index (χ2n) is 3.74. The van der Waals surface area contributed by atoms with Crippen LogP contribution in [0.2, 0.25) is 5.15 Å². The van der Waals surface area contributed by atoms with Gasteiger partial charge < -0.3 is 4.57 Å². The van der Waals surface area contributed by atoms with Gasteiger partial charge >= 0.3 is 0 Å². The summed E-state index contributed by atoms with van der Waals surface area (Å²) in [6, 6.07) is 0. The van der Waals surface area contributed by atoms with Crippen LogP contribution in [-0.4, -0.2) is 9.55 Å². The minimum atomic E-state index is 0.0400. The van der Waals surface area contributed by atoms with Gasteiger partial charge in [-0.25, -0.2) is 4.98 Å². The number of hydrogen-bond acceptors (Lipinski definition) is 1. The molecule has 1 aromatic heterocycles. The largest absolute Gasteiger partial charge is 0.325 e. The second kappa shape index (κ2) is 2.52. The van der Waals surface area contributed by atoms with Gasteiger partial charge in [-0.1, -0.05) is 32.4 Å². The first-order chi connectivity index (χ1) is 4.93. The van der Waals surface area contributed by atoms with E-state index in [0.717, 1.165) is 10.8 Å². The number of aryl methyl sites for hydroxylation is 1. The van der Waals surface area contributed by atoms with E-state index in [1.807, 2.05) is 11.6 Å². The van der Waals surface area contributed by atoms with E-state index in [2.05, 4.69) is 25.8 Å². The van der Waals surface area contributed by atoms with Crippen molar-refractivity contribution in [3.8, 4) is 0 Å². The van der Waals surface area contributed by atoms with Crippen molar-refractivity contribution in [3.05, 3.63) is 17.2 Å². The predicted octanol–water partition coefficient (Wildman–Crippen LogP) is 2.37. The number of hydrogen-bond donors (Lipinski definition) is 0. The topological polar surface area (TPSA) is 17.8 Å². The van der Waals surface area contributed by atoms with Crippen LogP contribution in [0.15, 0.2) is 6.33 Å². The van der Waals surface area contributed by atoms with Crippen molar-refractivity contribution in [3.63, 3.8) is 0 Å². The van der Waals surface area contributed by atoms with Gasteiger partial charge in [0.2, 0.25) is 0 Å². The monoisotopic (exact) mass is 172 g/mol. The van der Waals surface area contributed by atoms with Crippen LogP contribution in [0.3, 0.4) is 0 Å². The Morgan fingerprint density at radius 2 is 2.00 bits per heavy atom. The highest BCUT2D eigenvalue weighted by atomic mass is 35.5. The van der Waals surface area contributed by atoms with E-state index < -0.39 is 0 Å². The summed E-state index contributed by atoms with van der Waals surface area (Å²) in [5, 5.41) is 0.734. The summed E-state index contributed by atoms with van der Waals surface area (Å²) >= 11 is 5.99. The third-order valence-corrected chi connectivity index (χ3v) is 2.02. The summed E-state index contributed by atoms with van der Waals surface area (Å²) in [4.78, 5) is 4.22. The molecule has 3 heteroatoms. The lowest BCUT2D eigenvalue weighted by Gasteiger charge is -2.15. The molecule has 11 heavy (non-hydrogen) atoms. The zero-order valence-corrected chi connectivity index (χ0v) is 8.11. The normalized spacial score (nSPS) is 12.1. The third-order valence-electron chi connectivity index (χ3n) is 1.58. The Labute approximate surface area is 72.2 Å². The smallest absolute Gasteiger partial charge is 0.132 e. The van der Waals surface area contributed by atoms with Crippen molar-refractivity contribution in [2.45, 2.75) is 26.2 Å². The molecule has 0 saturated heterocycles. The van der Waals surface area contributed by atoms with Gasteiger partial charge in [0.1, 0.15) is 5.15 Å². The van der Waals surface area contributed by atoms with Gasteiger partial charge in [-0.05, 0) is 0 Å². The zero-order chi connectivity index (χ0) is 8.65. The van der Waals surface area contributed by atoms with Gasteiger partial charge in [0.05, 0.1) is 12.0 Å². The molecule has 1 rings (SSSR count). The highest BCUT2D eigenvalue weighted by Crippen LogP contribution is 2.26. The van der Waals surface area contributed by atoms with Crippen LogP contribution < -0.4 is 0 Å². The maximum absolute atomic E-state index is 5.99. The number of imidazole rings is 1. The van der Waals surface area contributed by atoms with Gasteiger partial charge in [-0.15, -0.1) is 0 Å². The van der Waals surface area contributed by atoms with E-state index in [9.17, 15) is 0 Å². The van der Waals surface area contributed by atoms with Crippen LogP contribution in [0, 0.1) is 0 Å². The average molecular weight is 173 g/mol.